The number of para-hydroxylation sites is 1. The maximum absolute atomic E-state index is 6.55. The fourth-order valence-electron chi connectivity index (χ4n) is 7.20. The summed E-state index contributed by atoms with van der Waals surface area (Å²) < 4.78 is 6.55. The Hall–Kier alpha value is -7.17. The molecule has 0 radical (unpaired) electrons. The zero-order valence-corrected chi connectivity index (χ0v) is 28.6. The first kappa shape index (κ1) is 30.6. The van der Waals surface area contributed by atoms with Crippen LogP contribution in [0.25, 0.3) is 100 Å². The molecule has 0 saturated carbocycles. The van der Waals surface area contributed by atoms with Crippen LogP contribution < -0.4 is 0 Å². The molecule has 0 atom stereocenters. The van der Waals surface area contributed by atoms with E-state index in [2.05, 4.69) is 146 Å². The van der Waals surface area contributed by atoms with E-state index in [9.17, 15) is 0 Å². The van der Waals surface area contributed by atoms with Crippen molar-refractivity contribution in [2.24, 2.45) is 0 Å². The standard InChI is InChI=1S/C49H31N3O/c1-4-12-32(13-5-1)34-20-22-35(23-21-34)42-31-43(52-49(51-42)38-16-8-3-9-17-38)36-24-26-37(27-25-36)47-46-41-18-10-11-19-45(41)53-48(46)40-29-28-39(30-44(40)50-47)33-14-6-2-7-15-33/h1-31H. The summed E-state index contributed by atoms with van der Waals surface area (Å²) >= 11 is 0. The first-order valence-electron chi connectivity index (χ1n) is 17.8. The molecule has 10 rings (SSSR count). The summed E-state index contributed by atoms with van der Waals surface area (Å²) in [6, 6.07) is 64.9. The fraction of sp³-hybridized carbons (Fsp3) is 0. The monoisotopic (exact) mass is 677 g/mol. The van der Waals surface area contributed by atoms with Gasteiger partial charge in [0.15, 0.2) is 5.82 Å². The highest BCUT2D eigenvalue weighted by Crippen LogP contribution is 2.41. The summed E-state index contributed by atoms with van der Waals surface area (Å²) in [5.41, 5.74) is 13.8. The molecule has 0 unspecified atom stereocenters. The van der Waals surface area contributed by atoms with Crippen LogP contribution in [0.1, 0.15) is 0 Å². The Labute approximate surface area is 306 Å². The molecule has 0 aliphatic carbocycles. The van der Waals surface area contributed by atoms with Crippen LogP contribution in [0.2, 0.25) is 0 Å². The molecule has 0 saturated heterocycles. The van der Waals surface area contributed by atoms with Crippen LogP contribution in [0.3, 0.4) is 0 Å². The van der Waals surface area contributed by atoms with E-state index < -0.39 is 0 Å². The molecule has 4 heteroatoms. The van der Waals surface area contributed by atoms with Gasteiger partial charge in [0.2, 0.25) is 0 Å². The zero-order valence-electron chi connectivity index (χ0n) is 28.6. The van der Waals surface area contributed by atoms with Crippen molar-refractivity contribution in [2.45, 2.75) is 0 Å². The van der Waals surface area contributed by atoms with Crippen molar-refractivity contribution < 1.29 is 4.42 Å². The number of pyridine rings is 1. The van der Waals surface area contributed by atoms with Crippen LogP contribution in [0.5, 0.6) is 0 Å². The summed E-state index contributed by atoms with van der Waals surface area (Å²) in [6.07, 6.45) is 0. The van der Waals surface area contributed by atoms with Crippen LogP contribution >= 0.6 is 0 Å². The Morgan fingerprint density at radius 2 is 0.830 bits per heavy atom. The third-order valence-electron chi connectivity index (χ3n) is 9.91. The van der Waals surface area contributed by atoms with Gasteiger partial charge in [-0.1, -0.05) is 164 Å². The molecular formula is C49H31N3O. The third kappa shape index (κ3) is 5.63. The largest absolute Gasteiger partial charge is 0.455 e. The molecule has 0 amide bonds. The first-order chi connectivity index (χ1) is 26.2. The second-order valence-corrected chi connectivity index (χ2v) is 13.2. The maximum atomic E-state index is 6.55. The van der Waals surface area contributed by atoms with Gasteiger partial charge in [0.05, 0.1) is 28.0 Å². The molecule has 0 N–H and O–H groups in total. The average molecular weight is 678 g/mol. The second-order valence-electron chi connectivity index (χ2n) is 13.2. The van der Waals surface area contributed by atoms with Gasteiger partial charge in [0.1, 0.15) is 11.2 Å². The molecule has 0 spiro atoms. The third-order valence-corrected chi connectivity index (χ3v) is 9.91. The Kier molecular flexibility index (Phi) is 7.43. The van der Waals surface area contributed by atoms with E-state index in [1.165, 1.54) is 11.1 Å². The van der Waals surface area contributed by atoms with Gasteiger partial charge in [0.25, 0.3) is 0 Å². The van der Waals surface area contributed by atoms with Crippen LogP contribution in [-0.2, 0) is 0 Å². The fourth-order valence-corrected chi connectivity index (χ4v) is 7.20. The minimum absolute atomic E-state index is 0.686. The number of furan rings is 1. The number of hydrogen-bond acceptors (Lipinski definition) is 4. The van der Waals surface area contributed by atoms with Crippen LogP contribution in [-0.4, -0.2) is 15.0 Å². The van der Waals surface area contributed by atoms with Crippen molar-refractivity contribution in [1.29, 1.82) is 0 Å². The lowest BCUT2D eigenvalue weighted by molar-refractivity contribution is 0.672. The average Bonchev–Trinajstić information content (AvgIpc) is 3.64. The molecule has 10 aromatic rings. The van der Waals surface area contributed by atoms with Crippen LogP contribution in [0.4, 0.5) is 0 Å². The second kappa shape index (κ2) is 12.9. The van der Waals surface area contributed by atoms with Crippen LogP contribution in [0.15, 0.2) is 192 Å². The highest BCUT2D eigenvalue weighted by atomic mass is 16.3. The smallest absolute Gasteiger partial charge is 0.160 e. The minimum atomic E-state index is 0.686. The number of rotatable bonds is 6. The molecular weight excluding hydrogens is 647 g/mol. The van der Waals surface area contributed by atoms with E-state index in [0.29, 0.717) is 5.82 Å². The zero-order chi connectivity index (χ0) is 35.1. The molecule has 0 fully saturated rings. The summed E-state index contributed by atoms with van der Waals surface area (Å²) in [5, 5.41) is 3.06. The topological polar surface area (TPSA) is 51.8 Å². The number of benzene rings is 7. The molecule has 7 aromatic carbocycles. The van der Waals surface area contributed by atoms with Gasteiger partial charge in [-0.25, -0.2) is 15.0 Å². The number of aromatic nitrogens is 3. The number of hydrogen-bond donors (Lipinski definition) is 0. The minimum Gasteiger partial charge on any atom is -0.455 e. The lowest BCUT2D eigenvalue weighted by Gasteiger charge is -2.11. The molecule has 4 nitrogen and oxygen atoms in total. The Morgan fingerprint density at radius 3 is 1.47 bits per heavy atom. The SMILES string of the molecule is c1ccc(-c2ccc(-c3cc(-c4ccc(-c5nc6cc(-c7ccccc7)ccc6c6oc7ccccc7c56)cc4)nc(-c4ccccc4)n3)cc2)cc1. The molecule has 53 heavy (non-hydrogen) atoms. The van der Waals surface area contributed by atoms with Gasteiger partial charge >= 0.3 is 0 Å². The van der Waals surface area contributed by atoms with Crippen LogP contribution in [0, 0.1) is 0 Å². The molecule has 0 aliphatic rings. The summed E-state index contributed by atoms with van der Waals surface area (Å²) in [7, 11) is 0. The van der Waals surface area contributed by atoms with Gasteiger partial charge in [-0.05, 0) is 46.5 Å². The van der Waals surface area contributed by atoms with Gasteiger partial charge in [0, 0.05) is 33.0 Å². The van der Waals surface area contributed by atoms with Crippen molar-refractivity contribution in [3.05, 3.63) is 188 Å². The Balaban J connectivity index is 1.09. The van der Waals surface area contributed by atoms with Gasteiger partial charge in [-0.3, -0.25) is 0 Å². The molecule has 3 heterocycles. The lowest BCUT2D eigenvalue weighted by atomic mass is 9.98. The Morgan fingerprint density at radius 1 is 0.340 bits per heavy atom. The summed E-state index contributed by atoms with van der Waals surface area (Å²) in [4.78, 5) is 15.5. The highest BCUT2D eigenvalue weighted by Gasteiger charge is 2.19. The van der Waals surface area contributed by atoms with E-state index in [0.717, 1.165) is 83.3 Å². The van der Waals surface area contributed by atoms with Crippen molar-refractivity contribution in [3.8, 4) is 67.4 Å². The molecule has 0 bridgehead atoms. The number of fused-ring (bicyclic) bond motifs is 5. The summed E-state index contributed by atoms with van der Waals surface area (Å²) in [6.45, 7) is 0. The van der Waals surface area contributed by atoms with E-state index in [1.807, 2.05) is 42.5 Å². The van der Waals surface area contributed by atoms with Crippen molar-refractivity contribution in [2.75, 3.05) is 0 Å². The summed E-state index contributed by atoms with van der Waals surface area (Å²) in [5.74, 6) is 0.686. The number of nitrogens with zero attached hydrogens (tertiary/aromatic N) is 3. The van der Waals surface area contributed by atoms with E-state index in [-0.39, 0.29) is 0 Å². The predicted molar refractivity (Wildman–Crippen MR) is 217 cm³/mol. The van der Waals surface area contributed by atoms with Crippen molar-refractivity contribution in [3.63, 3.8) is 0 Å². The van der Waals surface area contributed by atoms with Crippen molar-refractivity contribution >= 4 is 32.8 Å². The Bertz CT molecular complexity index is 2900. The molecule has 0 aliphatic heterocycles. The first-order valence-corrected chi connectivity index (χ1v) is 17.8. The lowest BCUT2D eigenvalue weighted by Crippen LogP contribution is -1.96. The van der Waals surface area contributed by atoms with Gasteiger partial charge < -0.3 is 4.42 Å². The van der Waals surface area contributed by atoms with Crippen molar-refractivity contribution in [1.82, 2.24) is 15.0 Å². The molecule has 248 valence electrons. The predicted octanol–water partition coefficient (Wildman–Crippen LogP) is 12.9. The highest BCUT2D eigenvalue weighted by molar-refractivity contribution is 6.19. The quantitative estimate of drug-likeness (QED) is 0.176. The molecule has 3 aromatic heterocycles. The van der Waals surface area contributed by atoms with E-state index in [1.54, 1.807) is 0 Å². The van der Waals surface area contributed by atoms with Gasteiger partial charge in [-0.15, -0.1) is 0 Å². The van der Waals surface area contributed by atoms with Gasteiger partial charge in [-0.2, -0.15) is 0 Å². The maximum Gasteiger partial charge on any atom is 0.160 e. The van der Waals surface area contributed by atoms with E-state index >= 15 is 0 Å². The van der Waals surface area contributed by atoms with E-state index in [4.69, 9.17) is 19.4 Å². The normalized spacial score (nSPS) is 11.4.